The van der Waals surface area contributed by atoms with E-state index in [4.69, 9.17) is 4.55 Å². The third-order valence-corrected chi connectivity index (χ3v) is 5.04. The standard InChI is InChI=1S/C19H20O3S/c20-23(21,22)14-6-5-11-19-17-9-3-1-7-15(17)12-13-16-8-2-4-10-18(16)19/h1-4,7-11H,5-6,12-14H2,(H,20,21,22). The second-order valence-corrected chi connectivity index (χ2v) is 7.43. The van der Waals surface area contributed by atoms with E-state index in [9.17, 15) is 8.42 Å². The summed E-state index contributed by atoms with van der Waals surface area (Å²) >= 11 is 0. The summed E-state index contributed by atoms with van der Waals surface area (Å²) in [4.78, 5) is 0. The van der Waals surface area contributed by atoms with Crippen molar-refractivity contribution >= 4 is 15.7 Å². The molecule has 2 aromatic carbocycles. The van der Waals surface area contributed by atoms with Crippen molar-refractivity contribution < 1.29 is 13.0 Å². The Morgan fingerprint density at radius 3 is 1.96 bits per heavy atom. The average Bonchev–Trinajstić information content (AvgIpc) is 2.68. The van der Waals surface area contributed by atoms with Crippen LogP contribution in [-0.2, 0) is 23.0 Å². The fraction of sp³-hybridized carbons (Fsp3) is 0.263. The van der Waals surface area contributed by atoms with E-state index in [0.29, 0.717) is 12.8 Å². The van der Waals surface area contributed by atoms with Gasteiger partial charge in [-0.3, -0.25) is 4.55 Å². The van der Waals surface area contributed by atoms with Crippen LogP contribution in [0.2, 0.25) is 0 Å². The van der Waals surface area contributed by atoms with E-state index in [-0.39, 0.29) is 5.75 Å². The van der Waals surface area contributed by atoms with E-state index < -0.39 is 10.1 Å². The first-order valence-corrected chi connectivity index (χ1v) is 9.47. The lowest BCUT2D eigenvalue weighted by molar-refractivity contribution is 0.481. The second kappa shape index (κ2) is 6.69. The predicted molar refractivity (Wildman–Crippen MR) is 93.0 cm³/mol. The number of unbranched alkanes of at least 4 members (excludes halogenated alkanes) is 1. The number of rotatable bonds is 4. The van der Waals surface area contributed by atoms with Crippen molar-refractivity contribution in [3.63, 3.8) is 0 Å². The maximum atomic E-state index is 10.9. The van der Waals surface area contributed by atoms with Gasteiger partial charge in [0.25, 0.3) is 10.1 Å². The number of aryl methyl sites for hydroxylation is 2. The number of hydrogen-bond acceptors (Lipinski definition) is 2. The van der Waals surface area contributed by atoms with Gasteiger partial charge < -0.3 is 0 Å². The summed E-state index contributed by atoms with van der Waals surface area (Å²) in [5.74, 6) is -0.194. The Morgan fingerprint density at radius 2 is 1.43 bits per heavy atom. The summed E-state index contributed by atoms with van der Waals surface area (Å²) in [6.45, 7) is 0. The Morgan fingerprint density at radius 1 is 0.913 bits per heavy atom. The van der Waals surface area contributed by atoms with Crippen LogP contribution >= 0.6 is 0 Å². The zero-order chi connectivity index (χ0) is 16.3. The molecule has 0 bridgehead atoms. The van der Waals surface area contributed by atoms with E-state index >= 15 is 0 Å². The molecule has 0 atom stereocenters. The highest BCUT2D eigenvalue weighted by Gasteiger charge is 2.17. The Labute approximate surface area is 137 Å². The van der Waals surface area contributed by atoms with Crippen LogP contribution in [0.3, 0.4) is 0 Å². The van der Waals surface area contributed by atoms with Crippen LogP contribution in [0.1, 0.15) is 35.1 Å². The predicted octanol–water partition coefficient (Wildman–Crippen LogP) is 3.88. The highest BCUT2D eigenvalue weighted by Crippen LogP contribution is 2.33. The lowest BCUT2D eigenvalue weighted by Gasteiger charge is -2.12. The van der Waals surface area contributed by atoms with Gasteiger partial charge in [-0.2, -0.15) is 8.42 Å². The normalized spacial score (nSPS) is 13.9. The minimum Gasteiger partial charge on any atom is -0.286 e. The quantitative estimate of drug-likeness (QED) is 0.684. The van der Waals surface area contributed by atoms with Gasteiger partial charge in [-0.05, 0) is 53.5 Å². The minimum atomic E-state index is -3.88. The molecule has 0 saturated heterocycles. The maximum absolute atomic E-state index is 10.9. The molecule has 1 N–H and O–H groups in total. The highest BCUT2D eigenvalue weighted by molar-refractivity contribution is 7.85. The molecule has 0 spiro atoms. The van der Waals surface area contributed by atoms with Crippen LogP contribution in [0.15, 0.2) is 54.6 Å². The molecule has 0 saturated carbocycles. The molecular weight excluding hydrogens is 308 g/mol. The summed E-state index contributed by atoms with van der Waals surface area (Å²) < 4.78 is 30.6. The Balaban J connectivity index is 1.97. The van der Waals surface area contributed by atoms with Gasteiger partial charge in [0.05, 0.1) is 5.75 Å². The third-order valence-electron chi connectivity index (χ3n) is 4.23. The smallest absolute Gasteiger partial charge is 0.264 e. The first kappa shape index (κ1) is 16.0. The summed E-state index contributed by atoms with van der Waals surface area (Å²) in [7, 11) is -3.88. The van der Waals surface area contributed by atoms with Crippen molar-refractivity contribution in [1.29, 1.82) is 0 Å². The number of hydrogen-bond donors (Lipinski definition) is 1. The second-order valence-electron chi connectivity index (χ2n) is 5.86. The molecule has 0 aliphatic heterocycles. The molecule has 2 aromatic rings. The zero-order valence-corrected chi connectivity index (χ0v) is 13.7. The van der Waals surface area contributed by atoms with Crippen molar-refractivity contribution in [3.05, 3.63) is 76.9 Å². The molecule has 0 heterocycles. The van der Waals surface area contributed by atoms with Crippen LogP contribution in [0.25, 0.3) is 5.57 Å². The van der Waals surface area contributed by atoms with Crippen LogP contribution in [0.5, 0.6) is 0 Å². The number of benzene rings is 2. The summed E-state index contributed by atoms with van der Waals surface area (Å²) in [6, 6.07) is 16.8. The van der Waals surface area contributed by atoms with E-state index in [2.05, 4.69) is 42.5 Å². The monoisotopic (exact) mass is 328 g/mol. The van der Waals surface area contributed by atoms with Crippen LogP contribution in [0, 0.1) is 0 Å². The Kier molecular flexibility index (Phi) is 4.64. The summed E-state index contributed by atoms with van der Waals surface area (Å²) in [6.07, 6.45) is 5.17. The minimum absolute atomic E-state index is 0.194. The van der Waals surface area contributed by atoms with Gasteiger partial charge in [0.2, 0.25) is 0 Å². The molecule has 1 aliphatic carbocycles. The van der Waals surface area contributed by atoms with E-state index in [1.807, 2.05) is 12.1 Å². The van der Waals surface area contributed by atoms with Crippen LogP contribution in [-0.4, -0.2) is 18.7 Å². The average molecular weight is 328 g/mol. The van der Waals surface area contributed by atoms with Crippen molar-refractivity contribution in [2.45, 2.75) is 25.7 Å². The molecule has 1 aliphatic rings. The van der Waals surface area contributed by atoms with Gasteiger partial charge in [0.15, 0.2) is 0 Å². The first-order valence-electron chi connectivity index (χ1n) is 7.86. The van der Waals surface area contributed by atoms with E-state index in [1.54, 1.807) is 0 Å². The molecule has 0 amide bonds. The molecular formula is C19H20O3S. The molecule has 0 unspecified atom stereocenters. The SMILES string of the molecule is O=S(=O)(O)CCCC=C1c2ccccc2CCc2ccccc21. The fourth-order valence-corrected chi connectivity index (χ4v) is 3.68. The highest BCUT2D eigenvalue weighted by atomic mass is 32.2. The number of allylic oxidation sites excluding steroid dienone is 1. The Hall–Kier alpha value is -1.91. The summed E-state index contributed by atoms with van der Waals surface area (Å²) in [5, 5.41) is 0. The molecule has 120 valence electrons. The van der Waals surface area contributed by atoms with Gasteiger partial charge in [0, 0.05) is 0 Å². The largest absolute Gasteiger partial charge is 0.286 e. The third kappa shape index (κ3) is 3.89. The van der Waals surface area contributed by atoms with Crippen molar-refractivity contribution in [1.82, 2.24) is 0 Å². The molecule has 3 nitrogen and oxygen atoms in total. The first-order chi connectivity index (χ1) is 11.0. The zero-order valence-electron chi connectivity index (χ0n) is 12.9. The number of fused-ring (bicyclic) bond motifs is 2. The van der Waals surface area contributed by atoms with Crippen molar-refractivity contribution in [2.24, 2.45) is 0 Å². The maximum Gasteiger partial charge on any atom is 0.264 e. The van der Waals surface area contributed by atoms with Crippen LogP contribution in [0.4, 0.5) is 0 Å². The molecule has 0 fully saturated rings. The van der Waals surface area contributed by atoms with Gasteiger partial charge in [-0.25, -0.2) is 0 Å². The lowest BCUT2D eigenvalue weighted by atomic mass is 9.93. The lowest BCUT2D eigenvalue weighted by Crippen LogP contribution is -2.03. The fourth-order valence-electron chi connectivity index (χ4n) is 3.15. The summed E-state index contributed by atoms with van der Waals surface area (Å²) in [5.41, 5.74) is 6.27. The van der Waals surface area contributed by atoms with E-state index in [1.165, 1.54) is 27.8 Å². The topological polar surface area (TPSA) is 54.4 Å². The molecule has 0 radical (unpaired) electrons. The van der Waals surface area contributed by atoms with Crippen molar-refractivity contribution in [2.75, 3.05) is 5.75 Å². The van der Waals surface area contributed by atoms with E-state index in [0.717, 1.165) is 12.8 Å². The Bertz CT molecular complexity index is 786. The molecule has 23 heavy (non-hydrogen) atoms. The van der Waals surface area contributed by atoms with Crippen LogP contribution < -0.4 is 0 Å². The molecule has 0 aromatic heterocycles. The van der Waals surface area contributed by atoms with Gasteiger partial charge >= 0.3 is 0 Å². The van der Waals surface area contributed by atoms with Gasteiger partial charge in [-0.1, -0.05) is 54.6 Å². The van der Waals surface area contributed by atoms with Gasteiger partial charge in [0.1, 0.15) is 0 Å². The van der Waals surface area contributed by atoms with Gasteiger partial charge in [-0.15, -0.1) is 0 Å². The molecule has 3 rings (SSSR count). The molecule has 4 heteroatoms. The van der Waals surface area contributed by atoms with Crippen molar-refractivity contribution in [3.8, 4) is 0 Å².